The lowest BCUT2D eigenvalue weighted by Gasteiger charge is -2.09. The molecule has 2 aromatic rings. The highest BCUT2D eigenvalue weighted by Crippen LogP contribution is 2.31. The number of carbonyl (C=O) groups is 1. The third kappa shape index (κ3) is 3.33. The van der Waals surface area contributed by atoms with E-state index >= 15 is 0 Å². The number of sulfone groups is 1. The fourth-order valence-corrected chi connectivity index (χ4v) is 3.20. The minimum Gasteiger partial charge on any atom is -0.493 e. The predicted molar refractivity (Wildman–Crippen MR) is 90.7 cm³/mol. The van der Waals surface area contributed by atoms with Gasteiger partial charge in [0.05, 0.1) is 11.5 Å². The summed E-state index contributed by atoms with van der Waals surface area (Å²) in [7, 11) is -3.23. The third-order valence-electron chi connectivity index (χ3n) is 3.86. The van der Waals surface area contributed by atoms with Gasteiger partial charge in [0.2, 0.25) is 0 Å². The molecule has 0 spiro atoms. The van der Waals surface area contributed by atoms with Gasteiger partial charge in [0.25, 0.3) is 0 Å². The second kappa shape index (κ2) is 6.13. The fourth-order valence-electron chi connectivity index (χ4n) is 2.57. The van der Waals surface area contributed by atoms with Gasteiger partial charge in [-0.3, -0.25) is 0 Å². The van der Waals surface area contributed by atoms with Gasteiger partial charge in [-0.1, -0.05) is 18.2 Å². The Hall–Kier alpha value is -2.60. The van der Waals surface area contributed by atoms with Crippen LogP contribution in [0.25, 0.3) is 17.2 Å². The maximum atomic E-state index is 11.5. The van der Waals surface area contributed by atoms with Crippen molar-refractivity contribution in [2.24, 2.45) is 0 Å². The van der Waals surface area contributed by atoms with Crippen LogP contribution in [0.15, 0.2) is 52.9 Å². The number of carboxylic acids is 1. The molecule has 1 aliphatic rings. The van der Waals surface area contributed by atoms with E-state index in [1.165, 1.54) is 6.26 Å². The molecule has 0 amide bonds. The lowest BCUT2D eigenvalue weighted by molar-refractivity contribution is -0.132. The molecule has 0 aromatic heterocycles. The van der Waals surface area contributed by atoms with Crippen molar-refractivity contribution in [3.8, 4) is 16.9 Å². The Kier molecular flexibility index (Phi) is 4.15. The zero-order valence-electron chi connectivity index (χ0n) is 13.0. The second-order valence-corrected chi connectivity index (χ2v) is 7.64. The predicted octanol–water partition coefficient (Wildman–Crippen LogP) is 3.01. The summed E-state index contributed by atoms with van der Waals surface area (Å²) >= 11 is 0. The first kappa shape index (κ1) is 16.3. The van der Waals surface area contributed by atoms with Crippen LogP contribution < -0.4 is 4.74 Å². The molecule has 3 rings (SSSR count). The Morgan fingerprint density at radius 1 is 1.08 bits per heavy atom. The summed E-state index contributed by atoms with van der Waals surface area (Å²) in [5, 5.41) is 9.20. The number of hydrogen-bond acceptors (Lipinski definition) is 4. The Balaban J connectivity index is 2.02. The number of benzene rings is 2. The molecular weight excluding hydrogens is 328 g/mol. The normalized spacial score (nSPS) is 14.1. The van der Waals surface area contributed by atoms with Crippen LogP contribution in [-0.2, 0) is 14.6 Å². The average molecular weight is 344 g/mol. The maximum absolute atomic E-state index is 11.5. The summed E-state index contributed by atoms with van der Waals surface area (Å²) in [6.07, 6.45) is 3.14. The van der Waals surface area contributed by atoms with Crippen molar-refractivity contribution in [3.05, 3.63) is 53.6 Å². The maximum Gasteiger partial charge on any atom is 0.331 e. The lowest BCUT2D eigenvalue weighted by atomic mass is 10.0. The summed E-state index contributed by atoms with van der Waals surface area (Å²) in [4.78, 5) is 11.5. The van der Waals surface area contributed by atoms with Crippen LogP contribution in [0.3, 0.4) is 0 Å². The van der Waals surface area contributed by atoms with Gasteiger partial charge in [-0.15, -0.1) is 0 Å². The molecule has 0 aliphatic carbocycles. The SMILES string of the molecule is CS(=O)(=O)c1ccc(-c2ccc3c(c2)C=C(C(=O)O)CCO3)cc1. The van der Waals surface area contributed by atoms with Crippen LogP contribution in [0, 0.1) is 0 Å². The molecule has 0 saturated carbocycles. The van der Waals surface area contributed by atoms with E-state index < -0.39 is 15.8 Å². The molecule has 1 heterocycles. The highest BCUT2D eigenvalue weighted by atomic mass is 32.2. The second-order valence-electron chi connectivity index (χ2n) is 5.62. The zero-order valence-corrected chi connectivity index (χ0v) is 13.8. The Morgan fingerprint density at radius 3 is 2.38 bits per heavy atom. The van der Waals surface area contributed by atoms with E-state index in [1.54, 1.807) is 36.4 Å². The van der Waals surface area contributed by atoms with Crippen molar-refractivity contribution < 1.29 is 23.1 Å². The van der Waals surface area contributed by atoms with Crippen molar-refractivity contribution in [1.82, 2.24) is 0 Å². The molecule has 0 atom stereocenters. The number of rotatable bonds is 3. The first-order valence-electron chi connectivity index (χ1n) is 7.36. The molecule has 5 nitrogen and oxygen atoms in total. The van der Waals surface area contributed by atoms with Gasteiger partial charge in [-0.05, 0) is 41.5 Å². The quantitative estimate of drug-likeness (QED) is 0.926. The van der Waals surface area contributed by atoms with E-state index in [9.17, 15) is 18.3 Å². The fraction of sp³-hybridized carbons (Fsp3) is 0.167. The first-order valence-corrected chi connectivity index (χ1v) is 9.25. The molecule has 24 heavy (non-hydrogen) atoms. The average Bonchev–Trinajstić information content (AvgIpc) is 2.76. The van der Waals surface area contributed by atoms with Crippen LogP contribution in [0.5, 0.6) is 5.75 Å². The highest BCUT2D eigenvalue weighted by Gasteiger charge is 2.15. The van der Waals surface area contributed by atoms with Crippen LogP contribution in [0.4, 0.5) is 0 Å². The summed E-state index contributed by atoms with van der Waals surface area (Å²) in [6, 6.07) is 12.1. The number of fused-ring (bicyclic) bond motifs is 1. The topological polar surface area (TPSA) is 80.7 Å². The van der Waals surface area contributed by atoms with Crippen LogP contribution in [0.2, 0.25) is 0 Å². The number of ether oxygens (including phenoxy) is 1. The van der Waals surface area contributed by atoms with E-state index in [0.29, 0.717) is 29.9 Å². The largest absolute Gasteiger partial charge is 0.493 e. The van der Waals surface area contributed by atoms with Crippen LogP contribution >= 0.6 is 0 Å². The standard InChI is InChI=1S/C18H16O5S/c1-24(21,22)16-5-2-12(3-6-16)13-4-7-17-15(10-13)11-14(18(19)20)8-9-23-17/h2-7,10-11H,8-9H2,1H3,(H,19,20). The smallest absolute Gasteiger partial charge is 0.331 e. The number of aliphatic carboxylic acids is 1. The van der Waals surface area contributed by atoms with Crippen LogP contribution in [0.1, 0.15) is 12.0 Å². The summed E-state index contributed by atoms with van der Waals surface area (Å²) in [5.74, 6) is -0.308. The third-order valence-corrected chi connectivity index (χ3v) is 4.99. The molecule has 1 N–H and O–H groups in total. The van der Waals surface area contributed by atoms with Gasteiger partial charge < -0.3 is 9.84 Å². The molecule has 124 valence electrons. The van der Waals surface area contributed by atoms with E-state index in [4.69, 9.17) is 4.74 Å². The Morgan fingerprint density at radius 2 is 1.75 bits per heavy atom. The van der Waals surface area contributed by atoms with E-state index in [1.807, 2.05) is 12.1 Å². The van der Waals surface area contributed by atoms with E-state index in [2.05, 4.69) is 0 Å². The van der Waals surface area contributed by atoms with Gasteiger partial charge in [-0.2, -0.15) is 0 Å². The molecule has 0 unspecified atom stereocenters. The van der Waals surface area contributed by atoms with Gasteiger partial charge in [0.1, 0.15) is 5.75 Å². The van der Waals surface area contributed by atoms with Crippen molar-refractivity contribution >= 4 is 21.9 Å². The van der Waals surface area contributed by atoms with Crippen molar-refractivity contribution in [2.75, 3.05) is 12.9 Å². The lowest BCUT2D eigenvalue weighted by Crippen LogP contribution is -2.03. The highest BCUT2D eigenvalue weighted by molar-refractivity contribution is 7.90. The zero-order chi connectivity index (χ0) is 17.3. The van der Waals surface area contributed by atoms with Gasteiger partial charge >= 0.3 is 5.97 Å². The Bertz CT molecular complexity index is 924. The minimum atomic E-state index is -3.23. The number of carboxylic acid groups (broad SMARTS) is 1. The summed E-state index contributed by atoms with van der Waals surface area (Å²) < 4.78 is 28.6. The van der Waals surface area contributed by atoms with Crippen LogP contribution in [-0.4, -0.2) is 32.4 Å². The summed E-state index contributed by atoms with van der Waals surface area (Å²) in [6.45, 7) is 0.327. The van der Waals surface area contributed by atoms with Gasteiger partial charge in [0.15, 0.2) is 9.84 Å². The van der Waals surface area contributed by atoms with Crippen molar-refractivity contribution in [1.29, 1.82) is 0 Å². The monoisotopic (exact) mass is 344 g/mol. The summed E-state index contributed by atoms with van der Waals surface area (Å²) in [5.41, 5.74) is 2.72. The molecule has 0 radical (unpaired) electrons. The molecule has 6 heteroatoms. The number of hydrogen-bond donors (Lipinski definition) is 1. The molecule has 0 saturated heterocycles. The first-order chi connectivity index (χ1) is 11.3. The molecule has 1 aliphatic heterocycles. The van der Waals surface area contributed by atoms with Crippen molar-refractivity contribution in [3.63, 3.8) is 0 Å². The van der Waals surface area contributed by atoms with E-state index in [0.717, 1.165) is 11.1 Å². The molecule has 0 fully saturated rings. The van der Waals surface area contributed by atoms with E-state index in [-0.39, 0.29) is 4.90 Å². The molecule has 0 bridgehead atoms. The van der Waals surface area contributed by atoms with Gasteiger partial charge in [0, 0.05) is 23.8 Å². The minimum absolute atomic E-state index is 0.261. The Labute approximate surface area is 140 Å². The molecular formula is C18H16O5S. The van der Waals surface area contributed by atoms with Crippen molar-refractivity contribution in [2.45, 2.75) is 11.3 Å². The van der Waals surface area contributed by atoms with Gasteiger partial charge in [-0.25, -0.2) is 13.2 Å². The molecule has 2 aromatic carbocycles.